The number of aliphatic hydroxyl groups is 1. The summed E-state index contributed by atoms with van der Waals surface area (Å²) in [6.45, 7) is 5.70. The van der Waals surface area contributed by atoms with Gasteiger partial charge in [-0.3, -0.25) is 0 Å². The van der Waals surface area contributed by atoms with E-state index in [1.807, 2.05) is 0 Å². The van der Waals surface area contributed by atoms with Crippen molar-refractivity contribution in [3.63, 3.8) is 0 Å². The molecule has 4 fully saturated rings. The first-order valence-corrected chi connectivity index (χ1v) is 7.92. The lowest BCUT2D eigenvalue weighted by Gasteiger charge is -2.57. The van der Waals surface area contributed by atoms with Crippen LogP contribution < -0.4 is 5.32 Å². The summed E-state index contributed by atoms with van der Waals surface area (Å²) in [5, 5.41) is 13.5. The minimum Gasteiger partial charge on any atom is -0.396 e. The van der Waals surface area contributed by atoms with Crippen molar-refractivity contribution < 1.29 is 5.11 Å². The highest BCUT2D eigenvalue weighted by molar-refractivity contribution is 5.06. The number of nitrogens with one attached hydrogen (secondary N) is 1. The molecule has 104 valence electrons. The Morgan fingerprint density at radius 1 is 1.11 bits per heavy atom. The standard InChI is InChI=1S/C16H29NO/c1-3-15(2,11-18)10-17-16-7-12-4-13(8-16)6-14(5-12)9-16/h12-14,17-18H,3-11H2,1-2H3. The predicted molar refractivity (Wildman–Crippen MR) is 74.4 cm³/mol. The Labute approximate surface area is 112 Å². The van der Waals surface area contributed by atoms with Gasteiger partial charge in [-0.15, -0.1) is 0 Å². The van der Waals surface area contributed by atoms with E-state index in [1.165, 1.54) is 38.5 Å². The molecule has 2 N–H and O–H groups in total. The third kappa shape index (κ3) is 2.22. The fourth-order valence-corrected chi connectivity index (χ4v) is 5.02. The van der Waals surface area contributed by atoms with Gasteiger partial charge in [-0.05, 0) is 62.7 Å². The lowest BCUT2D eigenvalue weighted by molar-refractivity contribution is -0.0269. The van der Waals surface area contributed by atoms with Crippen LogP contribution in [0.3, 0.4) is 0 Å². The van der Waals surface area contributed by atoms with E-state index in [2.05, 4.69) is 19.2 Å². The Morgan fingerprint density at radius 3 is 2.00 bits per heavy atom. The van der Waals surface area contributed by atoms with Crippen LogP contribution in [0.4, 0.5) is 0 Å². The monoisotopic (exact) mass is 251 g/mol. The maximum Gasteiger partial charge on any atom is 0.0496 e. The molecule has 1 atom stereocenters. The summed E-state index contributed by atoms with van der Waals surface area (Å²) >= 11 is 0. The fraction of sp³-hybridized carbons (Fsp3) is 1.00. The molecule has 0 aromatic rings. The van der Waals surface area contributed by atoms with Crippen molar-refractivity contribution in [2.45, 2.75) is 64.3 Å². The Hall–Kier alpha value is -0.0800. The highest BCUT2D eigenvalue weighted by Gasteiger charge is 2.50. The van der Waals surface area contributed by atoms with Gasteiger partial charge in [0, 0.05) is 24.1 Å². The van der Waals surface area contributed by atoms with E-state index in [0.717, 1.165) is 30.7 Å². The van der Waals surface area contributed by atoms with Gasteiger partial charge in [0.05, 0.1) is 0 Å². The Balaban J connectivity index is 1.65. The van der Waals surface area contributed by atoms with E-state index in [4.69, 9.17) is 0 Å². The first-order chi connectivity index (χ1) is 8.56. The van der Waals surface area contributed by atoms with Crippen LogP contribution in [0.25, 0.3) is 0 Å². The molecule has 18 heavy (non-hydrogen) atoms. The molecule has 1 unspecified atom stereocenters. The minimum absolute atomic E-state index is 0.0727. The second kappa shape index (κ2) is 4.49. The van der Waals surface area contributed by atoms with Gasteiger partial charge in [0.1, 0.15) is 0 Å². The molecule has 0 radical (unpaired) electrons. The molecule has 0 saturated heterocycles. The Morgan fingerprint density at radius 2 is 1.61 bits per heavy atom. The number of aliphatic hydroxyl groups excluding tert-OH is 1. The van der Waals surface area contributed by atoms with E-state index < -0.39 is 0 Å². The van der Waals surface area contributed by atoms with Gasteiger partial charge in [0.2, 0.25) is 0 Å². The topological polar surface area (TPSA) is 32.3 Å². The van der Waals surface area contributed by atoms with Crippen LogP contribution in [-0.4, -0.2) is 23.8 Å². The van der Waals surface area contributed by atoms with Crippen LogP contribution in [-0.2, 0) is 0 Å². The molecule has 0 aromatic carbocycles. The van der Waals surface area contributed by atoms with Crippen molar-refractivity contribution in [1.82, 2.24) is 5.32 Å². The average molecular weight is 251 g/mol. The van der Waals surface area contributed by atoms with Gasteiger partial charge < -0.3 is 10.4 Å². The second-order valence-corrected chi connectivity index (χ2v) is 7.87. The van der Waals surface area contributed by atoms with Crippen molar-refractivity contribution in [2.75, 3.05) is 13.2 Å². The lowest BCUT2D eigenvalue weighted by Crippen LogP contribution is -2.60. The first-order valence-electron chi connectivity index (χ1n) is 7.92. The van der Waals surface area contributed by atoms with Crippen LogP contribution in [0.2, 0.25) is 0 Å². The van der Waals surface area contributed by atoms with Crippen LogP contribution in [0.15, 0.2) is 0 Å². The maximum absolute atomic E-state index is 9.56. The Bertz CT molecular complexity index is 273. The summed E-state index contributed by atoms with van der Waals surface area (Å²) in [5.74, 6) is 3.02. The highest BCUT2D eigenvalue weighted by Crippen LogP contribution is 2.55. The molecule has 2 nitrogen and oxygen atoms in total. The fourth-order valence-electron chi connectivity index (χ4n) is 5.02. The van der Waals surface area contributed by atoms with Gasteiger partial charge in [-0.1, -0.05) is 13.8 Å². The molecule has 0 aromatic heterocycles. The van der Waals surface area contributed by atoms with E-state index in [0.29, 0.717) is 12.1 Å². The molecular weight excluding hydrogens is 222 g/mol. The average Bonchev–Trinajstić information content (AvgIpc) is 2.35. The molecule has 4 rings (SSSR count). The molecule has 4 bridgehead atoms. The van der Waals surface area contributed by atoms with Gasteiger partial charge >= 0.3 is 0 Å². The minimum atomic E-state index is 0.0727. The predicted octanol–water partition coefficient (Wildman–Crippen LogP) is 2.95. The highest BCUT2D eigenvalue weighted by atomic mass is 16.3. The smallest absolute Gasteiger partial charge is 0.0496 e. The quantitative estimate of drug-likeness (QED) is 0.787. The number of hydrogen-bond donors (Lipinski definition) is 2. The summed E-state index contributed by atoms with van der Waals surface area (Å²) in [6.07, 6.45) is 9.80. The van der Waals surface area contributed by atoms with E-state index in [1.54, 1.807) is 0 Å². The van der Waals surface area contributed by atoms with Crippen molar-refractivity contribution in [2.24, 2.45) is 23.2 Å². The van der Waals surface area contributed by atoms with Crippen LogP contribution in [0.5, 0.6) is 0 Å². The second-order valence-electron chi connectivity index (χ2n) is 7.87. The zero-order valence-electron chi connectivity index (χ0n) is 12.0. The molecule has 0 heterocycles. The number of rotatable bonds is 5. The molecule has 0 aliphatic heterocycles. The molecule has 0 amide bonds. The van der Waals surface area contributed by atoms with Crippen molar-refractivity contribution in [3.8, 4) is 0 Å². The molecule has 0 spiro atoms. The van der Waals surface area contributed by atoms with E-state index in [-0.39, 0.29) is 5.41 Å². The summed E-state index contributed by atoms with van der Waals surface area (Å²) in [4.78, 5) is 0. The summed E-state index contributed by atoms with van der Waals surface area (Å²) < 4.78 is 0. The molecule has 4 aliphatic carbocycles. The Kier molecular flexibility index (Phi) is 3.22. The van der Waals surface area contributed by atoms with Crippen LogP contribution in [0.1, 0.15) is 58.8 Å². The molecular formula is C16H29NO. The number of hydrogen-bond acceptors (Lipinski definition) is 2. The SMILES string of the molecule is CCC(C)(CO)CNC12CC3CC(CC(C3)C1)C2. The van der Waals surface area contributed by atoms with Gasteiger partial charge in [-0.25, -0.2) is 0 Å². The first kappa shape index (κ1) is 12.9. The largest absolute Gasteiger partial charge is 0.396 e. The van der Waals surface area contributed by atoms with Crippen LogP contribution in [0, 0.1) is 23.2 Å². The lowest BCUT2D eigenvalue weighted by atomic mass is 9.53. The van der Waals surface area contributed by atoms with Crippen molar-refractivity contribution in [3.05, 3.63) is 0 Å². The van der Waals surface area contributed by atoms with Gasteiger partial charge in [0.25, 0.3) is 0 Å². The molecule has 2 heteroatoms. The molecule has 4 saturated carbocycles. The van der Waals surface area contributed by atoms with Crippen molar-refractivity contribution >= 4 is 0 Å². The van der Waals surface area contributed by atoms with Gasteiger partial charge in [-0.2, -0.15) is 0 Å². The zero-order chi connectivity index (χ0) is 12.8. The maximum atomic E-state index is 9.56. The summed E-state index contributed by atoms with van der Waals surface area (Å²) in [5.41, 5.74) is 0.518. The third-order valence-electron chi connectivity index (χ3n) is 6.16. The van der Waals surface area contributed by atoms with Gasteiger partial charge in [0.15, 0.2) is 0 Å². The van der Waals surface area contributed by atoms with Crippen molar-refractivity contribution in [1.29, 1.82) is 0 Å². The summed E-state index contributed by atoms with van der Waals surface area (Å²) in [7, 11) is 0. The van der Waals surface area contributed by atoms with E-state index >= 15 is 0 Å². The summed E-state index contributed by atoms with van der Waals surface area (Å²) in [6, 6.07) is 0. The van der Waals surface area contributed by atoms with E-state index in [9.17, 15) is 5.11 Å². The van der Waals surface area contributed by atoms with Crippen LogP contribution >= 0.6 is 0 Å². The molecule has 4 aliphatic rings. The zero-order valence-corrected chi connectivity index (χ0v) is 12.0. The third-order valence-corrected chi connectivity index (χ3v) is 6.16. The normalized spacial score (nSPS) is 45.2.